The van der Waals surface area contributed by atoms with Crippen LogP contribution in [0.4, 0.5) is 0 Å². The average molecular weight is 349 g/mol. The summed E-state index contributed by atoms with van der Waals surface area (Å²) in [6.45, 7) is 4.23. The summed E-state index contributed by atoms with van der Waals surface area (Å²) in [5.41, 5.74) is 1.29. The van der Waals surface area contributed by atoms with Gasteiger partial charge in [0.2, 0.25) is 21.8 Å². The number of carbonyl (C=O) groups is 2. The van der Waals surface area contributed by atoms with E-state index in [1.54, 1.807) is 11.0 Å². The van der Waals surface area contributed by atoms with Crippen LogP contribution in [0.2, 0.25) is 0 Å². The third-order valence-electron chi connectivity index (χ3n) is 4.37. The quantitative estimate of drug-likeness (QED) is 0.764. The lowest BCUT2D eigenvalue weighted by atomic mass is 9.88. The Kier molecular flexibility index (Phi) is 4.87. The van der Waals surface area contributed by atoms with E-state index >= 15 is 0 Å². The second-order valence-electron chi connectivity index (χ2n) is 6.17. The summed E-state index contributed by atoms with van der Waals surface area (Å²) < 4.78 is 24.9. The zero-order valence-electron chi connectivity index (χ0n) is 12.9. The molecule has 22 heavy (non-hydrogen) atoms. The van der Waals surface area contributed by atoms with Gasteiger partial charge in [-0.3, -0.25) is 9.59 Å². The first-order chi connectivity index (χ1) is 10.2. The first kappa shape index (κ1) is 17.3. The molecule has 0 aromatic rings. The van der Waals surface area contributed by atoms with Crippen LogP contribution in [0.3, 0.4) is 0 Å². The number of nitrogens with zero attached hydrogens (tertiary/aromatic N) is 2. The van der Waals surface area contributed by atoms with E-state index in [-0.39, 0.29) is 24.3 Å². The van der Waals surface area contributed by atoms with Crippen LogP contribution in [-0.2, 0) is 19.6 Å². The van der Waals surface area contributed by atoms with E-state index in [1.165, 1.54) is 5.54 Å². The Morgan fingerprint density at radius 3 is 2.59 bits per heavy atom. The lowest BCUT2D eigenvalue weighted by Crippen LogP contribution is -2.44. The van der Waals surface area contributed by atoms with Gasteiger partial charge in [-0.1, -0.05) is 31.5 Å². The summed E-state index contributed by atoms with van der Waals surface area (Å²) in [6.07, 6.45) is 3.24. The molecule has 0 bridgehead atoms. The number of halogens is 1. The SMILES string of the molecule is CC(C)[C@H]1C(=O)N(S(C)(=O)=O)[C@H]2CCN(C(=O)CC=CCl)[C@H]12. The molecular weight excluding hydrogens is 328 g/mol. The van der Waals surface area contributed by atoms with E-state index in [4.69, 9.17) is 11.6 Å². The number of fused-ring (bicyclic) bond motifs is 1. The minimum absolute atomic E-state index is 0.0382. The molecule has 6 nitrogen and oxygen atoms in total. The van der Waals surface area contributed by atoms with Crippen LogP contribution in [0.25, 0.3) is 0 Å². The van der Waals surface area contributed by atoms with Crippen LogP contribution in [0.5, 0.6) is 0 Å². The molecule has 0 N–H and O–H groups in total. The molecule has 0 unspecified atom stereocenters. The van der Waals surface area contributed by atoms with Gasteiger partial charge in [0.15, 0.2) is 0 Å². The largest absolute Gasteiger partial charge is 0.336 e. The molecule has 2 heterocycles. The molecule has 124 valence electrons. The van der Waals surface area contributed by atoms with Crippen molar-refractivity contribution in [3.8, 4) is 0 Å². The first-order valence-corrected chi connectivity index (χ1v) is 9.56. The normalized spacial score (nSPS) is 29.0. The highest BCUT2D eigenvalue weighted by atomic mass is 35.5. The van der Waals surface area contributed by atoms with Crippen molar-refractivity contribution in [1.82, 2.24) is 9.21 Å². The molecule has 2 amide bonds. The van der Waals surface area contributed by atoms with Crippen molar-refractivity contribution in [2.45, 2.75) is 38.8 Å². The highest BCUT2D eigenvalue weighted by molar-refractivity contribution is 7.88. The van der Waals surface area contributed by atoms with Gasteiger partial charge in [-0.15, -0.1) is 0 Å². The monoisotopic (exact) mass is 348 g/mol. The maximum Gasteiger partial charge on any atom is 0.241 e. The predicted molar refractivity (Wildman–Crippen MR) is 83.5 cm³/mol. The summed E-state index contributed by atoms with van der Waals surface area (Å²) in [7, 11) is -3.63. The number of carbonyl (C=O) groups excluding carboxylic acids is 2. The molecule has 0 saturated carbocycles. The Bertz CT molecular complexity index is 602. The average Bonchev–Trinajstić information content (AvgIpc) is 2.90. The van der Waals surface area contributed by atoms with E-state index in [0.717, 1.165) is 10.6 Å². The van der Waals surface area contributed by atoms with Crippen molar-refractivity contribution >= 4 is 33.4 Å². The van der Waals surface area contributed by atoms with E-state index in [9.17, 15) is 18.0 Å². The molecule has 0 spiro atoms. The van der Waals surface area contributed by atoms with Gasteiger partial charge >= 0.3 is 0 Å². The van der Waals surface area contributed by atoms with Gasteiger partial charge in [-0.05, 0) is 12.3 Å². The maximum absolute atomic E-state index is 12.6. The van der Waals surface area contributed by atoms with Crippen LogP contribution in [0, 0.1) is 11.8 Å². The number of sulfonamides is 1. The molecule has 0 aliphatic carbocycles. The predicted octanol–water partition coefficient (Wildman–Crippen LogP) is 1.17. The Morgan fingerprint density at radius 1 is 1.45 bits per heavy atom. The van der Waals surface area contributed by atoms with Gasteiger partial charge in [0.25, 0.3) is 0 Å². The zero-order chi connectivity index (χ0) is 16.7. The second-order valence-corrected chi connectivity index (χ2v) is 8.28. The fourth-order valence-corrected chi connectivity index (χ4v) is 4.85. The maximum atomic E-state index is 12.6. The number of hydrogen-bond donors (Lipinski definition) is 0. The Balaban J connectivity index is 2.36. The molecule has 2 aliphatic heterocycles. The highest BCUT2D eigenvalue weighted by Gasteiger charge is 2.58. The molecule has 2 rings (SSSR count). The van der Waals surface area contributed by atoms with Gasteiger partial charge in [0, 0.05) is 18.5 Å². The number of amides is 2. The van der Waals surface area contributed by atoms with Gasteiger partial charge in [0.1, 0.15) is 0 Å². The van der Waals surface area contributed by atoms with Gasteiger partial charge < -0.3 is 4.90 Å². The fourth-order valence-electron chi connectivity index (χ4n) is 3.59. The summed E-state index contributed by atoms with van der Waals surface area (Å²) in [5.74, 6) is -1.04. The van der Waals surface area contributed by atoms with Crippen molar-refractivity contribution in [2.24, 2.45) is 11.8 Å². The molecule has 0 aromatic carbocycles. The van der Waals surface area contributed by atoms with Crippen molar-refractivity contribution in [3.63, 3.8) is 0 Å². The minimum Gasteiger partial charge on any atom is -0.336 e. The zero-order valence-corrected chi connectivity index (χ0v) is 14.5. The number of rotatable bonds is 4. The van der Waals surface area contributed by atoms with Crippen LogP contribution >= 0.6 is 11.6 Å². The van der Waals surface area contributed by atoms with E-state index in [1.807, 2.05) is 13.8 Å². The molecule has 2 saturated heterocycles. The molecule has 0 aromatic heterocycles. The summed E-state index contributed by atoms with van der Waals surface area (Å²) in [4.78, 5) is 26.5. The van der Waals surface area contributed by atoms with Crippen LogP contribution in [0.1, 0.15) is 26.7 Å². The van der Waals surface area contributed by atoms with E-state index < -0.39 is 27.9 Å². The van der Waals surface area contributed by atoms with Gasteiger partial charge in [0.05, 0.1) is 24.3 Å². The minimum atomic E-state index is -3.63. The molecule has 3 atom stereocenters. The van der Waals surface area contributed by atoms with E-state index in [0.29, 0.717) is 13.0 Å². The van der Waals surface area contributed by atoms with Crippen LogP contribution in [0.15, 0.2) is 11.6 Å². The van der Waals surface area contributed by atoms with Crippen LogP contribution < -0.4 is 0 Å². The van der Waals surface area contributed by atoms with Crippen molar-refractivity contribution < 1.29 is 18.0 Å². The fraction of sp³-hybridized carbons (Fsp3) is 0.714. The lowest BCUT2D eigenvalue weighted by Gasteiger charge is -2.29. The second kappa shape index (κ2) is 6.20. The third-order valence-corrected chi connectivity index (χ3v) is 5.71. The summed E-state index contributed by atoms with van der Waals surface area (Å²) >= 11 is 5.46. The van der Waals surface area contributed by atoms with E-state index in [2.05, 4.69) is 0 Å². The molecule has 8 heteroatoms. The van der Waals surface area contributed by atoms with Crippen molar-refractivity contribution in [2.75, 3.05) is 12.8 Å². The number of likely N-dealkylation sites (tertiary alicyclic amines) is 1. The Hall–Kier alpha value is -1.08. The molecule has 2 fully saturated rings. The molecule has 2 aliphatic rings. The lowest BCUT2D eigenvalue weighted by molar-refractivity contribution is -0.134. The van der Waals surface area contributed by atoms with Gasteiger partial charge in [-0.2, -0.15) is 0 Å². The summed E-state index contributed by atoms with van der Waals surface area (Å²) in [5, 5.41) is 0. The topological polar surface area (TPSA) is 74.8 Å². The Morgan fingerprint density at radius 2 is 2.09 bits per heavy atom. The first-order valence-electron chi connectivity index (χ1n) is 7.28. The van der Waals surface area contributed by atoms with Crippen molar-refractivity contribution in [3.05, 3.63) is 11.6 Å². The molecular formula is C14H21ClN2O4S. The Labute approximate surface area is 136 Å². The number of hydrogen-bond acceptors (Lipinski definition) is 4. The summed E-state index contributed by atoms with van der Waals surface area (Å²) in [6, 6.07) is -0.822. The highest BCUT2D eigenvalue weighted by Crippen LogP contribution is 2.41. The van der Waals surface area contributed by atoms with Crippen LogP contribution in [-0.4, -0.2) is 54.3 Å². The third kappa shape index (κ3) is 2.88. The van der Waals surface area contributed by atoms with Crippen molar-refractivity contribution in [1.29, 1.82) is 0 Å². The molecule has 0 radical (unpaired) electrons. The standard InChI is InChI=1S/C14H21ClN2O4S/c1-9(2)12-13-10(17(14(12)19)22(3,20)21)6-8-16(13)11(18)5-4-7-15/h4,7,9-10,12-13H,5-6,8H2,1-3H3/t10-,12+,13-/m0/s1. The van der Waals surface area contributed by atoms with Gasteiger partial charge in [-0.25, -0.2) is 12.7 Å². The smallest absolute Gasteiger partial charge is 0.241 e.